The molecular formula is C13H20ClFN2O. The number of nitrogens with two attached hydrogens (primary N) is 1. The van der Waals surface area contributed by atoms with Gasteiger partial charge in [-0.15, -0.1) is 12.4 Å². The molecule has 0 bridgehead atoms. The SMILES string of the molecule is C[C@@H](CN)NC(=O)C(C)(C)c1cccc(F)c1.Cl. The fourth-order valence-corrected chi connectivity index (χ4v) is 1.47. The second kappa shape index (κ2) is 6.71. The Morgan fingerprint density at radius 2 is 2.11 bits per heavy atom. The molecule has 0 saturated carbocycles. The number of carbonyl (C=O) groups excluding carboxylic acids is 1. The van der Waals surface area contributed by atoms with Gasteiger partial charge in [0.05, 0.1) is 5.41 Å². The Hall–Kier alpha value is -1.13. The molecule has 0 aliphatic heterocycles. The number of amides is 1. The van der Waals surface area contributed by atoms with E-state index >= 15 is 0 Å². The first kappa shape index (κ1) is 16.9. The molecule has 1 aromatic carbocycles. The van der Waals surface area contributed by atoms with E-state index in [-0.39, 0.29) is 30.2 Å². The van der Waals surface area contributed by atoms with Crippen LogP contribution in [0.1, 0.15) is 26.3 Å². The van der Waals surface area contributed by atoms with Crippen LogP contribution >= 0.6 is 12.4 Å². The second-order valence-electron chi connectivity index (χ2n) is 4.75. The van der Waals surface area contributed by atoms with Crippen molar-refractivity contribution in [2.45, 2.75) is 32.2 Å². The smallest absolute Gasteiger partial charge is 0.230 e. The molecule has 0 fully saturated rings. The van der Waals surface area contributed by atoms with Gasteiger partial charge in [-0.25, -0.2) is 4.39 Å². The van der Waals surface area contributed by atoms with Crippen molar-refractivity contribution >= 4 is 18.3 Å². The van der Waals surface area contributed by atoms with Crippen LogP contribution in [0.5, 0.6) is 0 Å². The third kappa shape index (κ3) is 3.96. The minimum Gasteiger partial charge on any atom is -0.352 e. The first-order valence-electron chi connectivity index (χ1n) is 5.65. The Balaban J connectivity index is 0.00000289. The van der Waals surface area contributed by atoms with Crippen LogP contribution in [0.4, 0.5) is 4.39 Å². The normalized spacial score (nSPS) is 12.5. The van der Waals surface area contributed by atoms with Gasteiger partial charge in [-0.05, 0) is 38.5 Å². The van der Waals surface area contributed by atoms with Crippen molar-refractivity contribution in [2.24, 2.45) is 5.73 Å². The van der Waals surface area contributed by atoms with Crippen LogP contribution in [0.15, 0.2) is 24.3 Å². The van der Waals surface area contributed by atoms with Gasteiger partial charge in [-0.1, -0.05) is 12.1 Å². The van der Waals surface area contributed by atoms with E-state index in [1.807, 2.05) is 6.92 Å². The monoisotopic (exact) mass is 274 g/mol. The standard InChI is InChI=1S/C13H19FN2O.ClH/c1-9(8-15)16-12(17)13(2,3)10-5-4-6-11(14)7-10;/h4-7,9H,8,15H2,1-3H3,(H,16,17);1H/t9-;/m0./s1. The van der Waals surface area contributed by atoms with Crippen LogP contribution in [0, 0.1) is 5.82 Å². The molecule has 1 rings (SSSR count). The molecule has 102 valence electrons. The van der Waals surface area contributed by atoms with E-state index in [9.17, 15) is 9.18 Å². The highest BCUT2D eigenvalue weighted by Crippen LogP contribution is 2.24. The lowest BCUT2D eigenvalue weighted by atomic mass is 9.83. The second-order valence-corrected chi connectivity index (χ2v) is 4.75. The van der Waals surface area contributed by atoms with Gasteiger partial charge in [0, 0.05) is 12.6 Å². The molecule has 0 aliphatic rings. The molecule has 5 heteroatoms. The summed E-state index contributed by atoms with van der Waals surface area (Å²) < 4.78 is 13.1. The Kier molecular flexibility index (Phi) is 6.29. The largest absolute Gasteiger partial charge is 0.352 e. The maximum absolute atomic E-state index is 13.1. The molecule has 18 heavy (non-hydrogen) atoms. The van der Waals surface area contributed by atoms with Crippen molar-refractivity contribution in [1.29, 1.82) is 0 Å². The van der Waals surface area contributed by atoms with Crippen molar-refractivity contribution < 1.29 is 9.18 Å². The lowest BCUT2D eigenvalue weighted by molar-refractivity contribution is -0.126. The number of hydrogen-bond donors (Lipinski definition) is 2. The molecule has 3 nitrogen and oxygen atoms in total. The van der Waals surface area contributed by atoms with Gasteiger partial charge < -0.3 is 11.1 Å². The summed E-state index contributed by atoms with van der Waals surface area (Å²) in [5.41, 5.74) is 5.33. The Morgan fingerprint density at radius 3 is 2.61 bits per heavy atom. The number of nitrogens with one attached hydrogen (secondary N) is 1. The van der Waals surface area contributed by atoms with Gasteiger partial charge in [0.2, 0.25) is 5.91 Å². The first-order valence-corrected chi connectivity index (χ1v) is 5.65. The van der Waals surface area contributed by atoms with Gasteiger partial charge in [-0.2, -0.15) is 0 Å². The van der Waals surface area contributed by atoms with Gasteiger partial charge in [0.15, 0.2) is 0 Å². The highest BCUT2D eigenvalue weighted by atomic mass is 35.5. The first-order chi connectivity index (χ1) is 7.87. The molecular weight excluding hydrogens is 255 g/mol. The van der Waals surface area contributed by atoms with Crippen LogP contribution in [0.25, 0.3) is 0 Å². The average molecular weight is 275 g/mol. The zero-order valence-corrected chi connectivity index (χ0v) is 11.7. The third-order valence-corrected chi connectivity index (χ3v) is 2.85. The fourth-order valence-electron chi connectivity index (χ4n) is 1.47. The number of carbonyl (C=O) groups is 1. The number of halogens is 2. The molecule has 0 aliphatic carbocycles. The van der Waals surface area contributed by atoms with E-state index in [1.54, 1.807) is 26.0 Å². The Morgan fingerprint density at radius 1 is 1.50 bits per heavy atom. The van der Waals surface area contributed by atoms with Crippen LogP contribution in [0.3, 0.4) is 0 Å². The van der Waals surface area contributed by atoms with Crippen molar-refractivity contribution in [3.8, 4) is 0 Å². The molecule has 0 saturated heterocycles. The van der Waals surface area contributed by atoms with Crippen LogP contribution < -0.4 is 11.1 Å². The van der Waals surface area contributed by atoms with E-state index in [2.05, 4.69) is 5.32 Å². The zero-order valence-electron chi connectivity index (χ0n) is 10.9. The molecule has 1 amide bonds. The van der Waals surface area contributed by atoms with E-state index in [1.165, 1.54) is 12.1 Å². The lowest BCUT2D eigenvalue weighted by Gasteiger charge is -2.26. The number of hydrogen-bond acceptors (Lipinski definition) is 2. The van der Waals surface area contributed by atoms with Crippen LogP contribution in [-0.4, -0.2) is 18.5 Å². The highest BCUT2D eigenvalue weighted by Gasteiger charge is 2.30. The molecule has 1 aromatic rings. The molecule has 3 N–H and O–H groups in total. The quantitative estimate of drug-likeness (QED) is 0.882. The zero-order chi connectivity index (χ0) is 13.1. The topological polar surface area (TPSA) is 55.1 Å². The van der Waals surface area contributed by atoms with Gasteiger partial charge in [-0.3, -0.25) is 4.79 Å². The summed E-state index contributed by atoms with van der Waals surface area (Å²) in [6.07, 6.45) is 0. The molecule has 0 unspecified atom stereocenters. The summed E-state index contributed by atoms with van der Waals surface area (Å²) in [6, 6.07) is 6.00. The molecule has 0 heterocycles. The van der Waals surface area contributed by atoms with Gasteiger partial charge in [0.1, 0.15) is 5.82 Å². The predicted molar refractivity (Wildman–Crippen MR) is 73.3 cm³/mol. The summed E-state index contributed by atoms with van der Waals surface area (Å²) >= 11 is 0. The van der Waals surface area contributed by atoms with E-state index in [0.29, 0.717) is 12.1 Å². The molecule has 0 radical (unpaired) electrons. The summed E-state index contributed by atoms with van der Waals surface area (Å²) in [5.74, 6) is -0.490. The molecule has 0 spiro atoms. The highest BCUT2D eigenvalue weighted by molar-refractivity contribution is 5.87. The molecule has 0 aromatic heterocycles. The van der Waals surface area contributed by atoms with Crippen LogP contribution in [0.2, 0.25) is 0 Å². The maximum Gasteiger partial charge on any atom is 0.230 e. The van der Waals surface area contributed by atoms with E-state index < -0.39 is 5.41 Å². The average Bonchev–Trinajstić information content (AvgIpc) is 2.28. The summed E-state index contributed by atoms with van der Waals surface area (Å²) in [4.78, 5) is 12.1. The Labute approximate surface area is 113 Å². The Bertz CT molecular complexity index is 410. The third-order valence-electron chi connectivity index (χ3n) is 2.85. The summed E-state index contributed by atoms with van der Waals surface area (Å²) in [6.45, 7) is 5.74. The predicted octanol–water partition coefficient (Wildman–Crippen LogP) is 1.99. The summed E-state index contributed by atoms with van der Waals surface area (Å²) in [5, 5.41) is 2.80. The van der Waals surface area contributed by atoms with E-state index in [0.717, 1.165) is 0 Å². The fraction of sp³-hybridized carbons (Fsp3) is 0.462. The minimum atomic E-state index is -0.772. The van der Waals surface area contributed by atoms with E-state index in [4.69, 9.17) is 5.73 Å². The van der Waals surface area contributed by atoms with Gasteiger partial charge in [0.25, 0.3) is 0 Å². The van der Waals surface area contributed by atoms with Crippen molar-refractivity contribution in [3.05, 3.63) is 35.6 Å². The lowest BCUT2D eigenvalue weighted by Crippen LogP contribution is -2.46. The summed E-state index contributed by atoms with van der Waals surface area (Å²) in [7, 11) is 0. The van der Waals surface area contributed by atoms with Crippen molar-refractivity contribution in [3.63, 3.8) is 0 Å². The molecule has 1 atom stereocenters. The van der Waals surface area contributed by atoms with Crippen LogP contribution in [-0.2, 0) is 10.2 Å². The van der Waals surface area contributed by atoms with Gasteiger partial charge >= 0.3 is 0 Å². The van der Waals surface area contributed by atoms with Crippen molar-refractivity contribution in [2.75, 3.05) is 6.54 Å². The minimum absolute atomic E-state index is 0. The number of rotatable bonds is 4. The van der Waals surface area contributed by atoms with Crippen molar-refractivity contribution in [1.82, 2.24) is 5.32 Å². The number of benzene rings is 1. The maximum atomic E-state index is 13.1.